The van der Waals surface area contributed by atoms with E-state index in [9.17, 15) is 39.9 Å². The first-order valence-electron chi connectivity index (χ1n) is 11.6. The number of nitrogens with zero attached hydrogens (tertiary/aromatic N) is 1. The van der Waals surface area contributed by atoms with Crippen LogP contribution in [0.5, 0.6) is 5.75 Å². The molecule has 188 valence electrons. The van der Waals surface area contributed by atoms with Crippen molar-refractivity contribution in [3.8, 4) is 5.75 Å². The number of phenols is 1. The first-order valence-corrected chi connectivity index (χ1v) is 11.6. The minimum atomic E-state index is -2.85. The van der Waals surface area contributed by atoms with E-state index in [0.29, 0.717) is 37.6 Å². The second kappa shape index (κ2) is 8.02. The lowest BCUT2D eigenvalue weighted by atomic mass is 9.53. The van der Waals surface area contributed by atoms with Gasteiger partial charge in [-0.2, -0.15) is 0 Å². The molecule has 0 spiro atoms. The number of fused-ring (bicyclic) bond motifs is 3. The summed E-state index contributed by atoms with van der Waals surface area (Å²) in [6.07, 6.45) is -3.49. The largest absolute Gasteiger partial charge is 0.507 e. The SMILES string of the molecule is C[C@H]1c2ccc(N3CCOCC3)c(O)c2C(O)=C2C(=O)[C@]3(O)C(=O)C(C(N)=O)C(O)C[C@@H]3[C@@H](O)[C@@H]21. The van der Waals surface area contributed by atoms with Gasteiger partial charge < -0.3 is 40.9 Å². The second-order valence-corrected chi connectivity index (χ2v) is 9.81. The Bertz CT molecular complexity index is 1160. The lowest BCUT2D eigenvalue weighted by Gasteiger charge is -2.52. The predicted octanol–water partition coefficient (Wildman–Crippen LogP) is -1.04. The number of ketones is 2. The lowest BCUT2D eigenvalue weighted by molar-refractivity contribution is -0.186. The number of primary amides is 1. The van der Waals surface area contributed by atoms with E-state index in [1.165, 1.54) is 0 Å². The number of benzene rings is 1. The third kappa shape index (κ3) is 3.08. The fourth-order valence-corrected chi connectivity index (χ4v) is 6.35. The molecule has 1 aromatic carbocycles. The van der Waals surface area contributed by atoms with Gasteiger partial charge in [0.15, 0.2) is 11.4 Å². The molecular weight excluding hydrogens is 460 g/mol. The summed E-state index contributed by atoms with van der Waals surface area (Å²) in [5, 5.41) is 55.4. The van der Waals surface area contributed by atoms with E-state index in [1.807, 2.05) is 4.90 Å². The molecule has 2 unspecified atom stereocenters. The van der Waals surface area contributed by atoms with Crippen LogP contribution in [0.3, 0.4) is 0 Å². The summed E-state index contributed by atoms with van der Waals surface area (Å²) in [6.45, 7) is 3.63. The van der Waals surface area contributed by atoms with Crippen LogP contribution in [0.15, 0.2) is 17.7 Å². The smallest absolute Gasteiger partial charge is 0.230 e. The monoisotopic (exact) mass is 488 g/mol. The second-order valence-electron chi connectivity index (χ2n) is 9.81. The highest BCUT2D eigenvalue weighted by atomic mass is 16.5. The first-order chi connectivity index (χ1) is 16.5. The maximum atomic E-state index is 13.7. The van der Waals surface area contributed by atoms with Crippen LogP contribution in [0.1, 0.15) is 30.4 Å². The first kappa shape index (κ1) is 23.7. The van der Waals surface area contributed by atoms with Crippen LogP contribution in [-0.2, 0) is 19.1 Å². The fraction of sp³-hybridized carbons (Fsp3) is 0.542. The third-order valence-corrected chi connectivity index (χ3v) is 8.15. The summed E-state index contributed by atoms with van der Waals surface area (Å²) in [5.41, 5.74) is 2.91. The van der Waals surface area contributed by atoms with Crippen LogP contribution in [0.4, 0.5) is 5.69 Å². The van der Waals surface area contributed by atoms with Crippen LogP contribution >= 0.6 is 0 Å². The van der Waals surface area contributed by atoms with Crippen LogP contribution in [0.25, 0.3) is 5.76 Å². The average molecular weight is 488 g/mol. The van der Waals surface area contributed by atoms with Gasteiger partial charge in [0, 0.05) is 30.5 Å². The van der Waals surface area contributed by atoms with Crippen molar-refractivity contribution in [3.05, 3.63) is 28.8 Å². The van der Waals surface area contributed by atoms with Gasteiger partial charge in [-0.25, -0.2) is 0 Å². The molecule has 3 aliphatic carbocycles. The maximum absolute atomic E-state index is 13.7. The summed E-state index contributed by atoms with van der Waals surface area (Å²) >= 11 is 0. The Kier molecular flexibility index (Phi) is 5.44. The lowest BCUT2D eigenvalue weighted by Crippen LogP contribution is -2.70. The van der Waals surface area contributed by atoms with E-state index >= 15 is 0 Å². The van der Waals surface area contributed by atoms with Crippen molar-refractivity contribution in [1.29, 1.82) is 0 Å². The Morgan fingerprint density at radius 2 is 1.83 bits per heavy atom. The van der Waals surface area contributed by atoms with Gasteiger partial charge in [-0.15, -0.1) is 0 Å². The van der Waals surface area contributed by atoms with Crippen molar-refractivity contribution in [1.82, 2.24) is 0 Å². The Morgan fingerprint density at radius 3 is 2.46 bits per heavy atom. The third-order valence-electron chi connectivity index (χ3n) is 8.15. The van der Waals surface area contributed by atoms with Crippen molar-refractivity contribution in [2.75, 3.05) is 31.2 Å². The number of morpholine rings is 1. The van der Waals surface area contributed by atoms with E-state index < -0.39 is 76.7 Å². The van der Waals surface area contributed by atoms with Gasteiger partial charge in [-0.05, 0) is 24.0 Å². The molecule has 0 radical (unpaired) electrons. The van der Waals surface area contributed by atoms with Crippen LogP contribution in [0, 0.1) is 17.8 Å². The van der Waals surface area contributed by atoms with Crippen LogP contribution in [0.2, 0.25) is 0 Å². The van der Waals surface area contributed by atoms with Crippen molar-refractivity contribution >= 4 is 28.9 Å². The zero-order chi connectivity index (χ0) is 25.4. The number of carbonyl (C=O) groups is 3. The van der Waals surface area contributed by atoms with Crippen molar-refractivity contribution in [2.45, 2.75) is 37.1 Å². The number of ether oxygens (including phenoxy) is 1. The van der Waals surface area contributed by atoms with Crippen molar-refractivity contribution in [3.63, 3.8) is 0 Å². The Labute approximate surface area is 200 Å². The number of carbonyl (C=O) groups excluding carboxylic acids is 3. The molecule has 1 aliphatic heterocycles. The molecule has 11 heteroatoms. The van der Waals surface area contributed by atoms with Crippen LogP contribution < -0.4 is 10.6 Å². The van der Waals surface area contributed by atoms with Gasteiger partial charge >= 0.3 is 0 Å². The van der Waals surface area contributed by atoms with E-state index in [1.54, 1.807) is 19.1 Å². The van der Waals surface area contributed by atoms with Gasteiger partial charge in [0.05, 0.1) is 36.7 Å². The predicted molar refractivity (Wildman–Crippen MR) is 120 cm³/mol. The standard InChI is InChI=1S/C24H28N2O9/c1-9-10-2-3-12(26-4-6-35-7-5-26)19(29)15(10)20(30)17-14(9)18(28)11-8-13(27)16(23(25)33)21(31)24(11,34)22(17)32/h2-3,9,11,13-14,16,18,27-30,34H,4-8H2,1H3,(H2,25,33)/t9-,11+,13?,14+,16?,18+,24+/m0/s1. The highest BCUT2D eigenvalue weighted by Gasteiger charge is 2.67. The van der Waals surface area contributed by atoms with Crippen LogP contribution in [-0.4, -0.2) is 87.1 Å². The number of amides is 1. The molecule has 1 aromatic rings. The summed E-state index contributed by atoms with van der Waals surface area (Å²) in [7, 11) is 0. The molecule has 7 N–H and O–H groups in total. The molecule has 35 heavy (non-hydrogen) atoms. The molecule has 0 aromatic heterocycles. The zero-order valence-electron chi connectivity index (χ0n) is 19.0. The molecule has 7 atom stereocenters. The van der Waals surface area contributed by atoms with E-state index in [2.05, 4.69) is 0 Å². The quantitative estimate of drug-likeness (QED) is 0.280. The number of hydrogen-bond donors (Lipinski definition) is 6. The zero-order valence-corrected chi connectivity index (χ0v) is 19.0. The molecule has 4 aliphatic rings. The van der Waals surface area contributed by atoms with E-state index in [0.717, 1.165) is 0 Å². The number of phenolic OH excluding ortho intramolecular Hbond substituents is 1. The number of aliphatic hydroxyl groups is 4. The summed E-state index contributed by atoms with van der Waals surface area (Å²) in [5.74, 6) is -9.41. The molecular formula is C24H28N2O9. The van der Waals surface area contributed by atoms with Gasteiger partial charge in [-0.1, -0.05) is 13.0 Å². The van der Waals surface area contributed by atoms with Gasteiger partial charge in [-0.3, -0.25) is 14.4 Å². The number of Topliss-reactive ketones (excluding diaryl/α,β-unsaturated/α-hetero) is 2. The summed E-state index contributed by atoms with van der Waals surface area (Å²) < 4.78 is 5.35. The Hall–Kier alpha value is -2.99. The Balaban J connectivity index is 1.67. The highest BCUT2D eigenvalue weighted by molar-refractivity contribution is 6.25. The van der Waals surface area contributed by atoms with E-state index in [-0.39, 0.29) is 11.3 Å². The molecule has 1 heterocycles. The number of aliphatic hydroxyl groups excluding tert-OH is 3. The maximum Gasteiger partial charge on any atom is 0.230 e. The van der Waals surface area contributed by atoms with Gasteiger partial charge in [0.2, 0.25) is 11.7 Å². The van der Waals surface area contributed by atoms with Gasteiger partial charge in [0.25, 0.3) is 0 Å². The number of anilines is 1. The Morgan fingerprint density at radius 1 is 1.17 bits per heavy atom. The topological polar surface area (TPSA) is 191 Å². The molecule has 11 nitrogen and oxygen atoms in total. The number of rotatable bonds is 2. The average Bonchev–Trinajstić information content (AvgIpc) is 2.82. The summed E-state index contributed by atoms with van der Waals surface area (Å²) in [4.78, 5) is 40.5. The normalized spacial score (nSPS) is 37.0. The number of hydrogen-bond acceptors (Lipinski definition) is 10. The molecule has 3 fully saturated rings. The van der Waals surface area contributed by atoms with Gasteiger partial charge in [0.1, 0.15) is 17.4 Å². The number of nitrogens with two attached hydrogens (primary N) is 1. The molecule has 1 amide bonds. The fourth-order valence-electron chi connectivity index (χ4n) is 6.35. The minimum Gasteiger partial charge on any atom is -0.507 e. The molecule has 0 bridgehead atoms. The molecule has 2 saturated carbocycles. The van der Waals surface area contributed by atoms with E-state index in [4.69, 9.17) is 10.5 Å². The minimum absolute atomic E-state index is 0.00918. The molecule has 5 rings (SSSR count). The highest BCUT2D eigenvalue weighted by Crippen LogP contribution is 2.56. The summed E-state index contributed by atoms with van der Waals surface area (Å²) in [6, 6.07) is 3.41. The van der Waals surface area contributed by atoms with Crippen molar-refractivity contribution in [2.24, 2.45) is 23.5 Å². The number of aromatic hydroxyl groups is 1. The van der Waals surface area contributed by atoms with Crippen molar-refractivity contribution < 1.29 is 44.7 Å². The molecule has 1 saturated heterocycles.